The van der Waals surface area contributed by atoms with Crippen LogP contribution in [0.25, 0.3) is 0 Å². The predicted molar refractivity (Wildman–Crippen MR) is 87.1 cm³/mol. The Kier molecular flexibility index (Phi) is 8.08. The Morgan fingerprint density at radius 3 is 2.65 bits per heavy atom. The zero-order valence-electron chi connectivity index (χ0n) is 14.1. The van der Waals surface area contributed by atoms with Gasteiger partial charge in [0.15, 0.2) is 0 Å². The molecule has 1 saturated heterocycles. The topological polar surface area (TPSA) is 35.5 Å². The van der Waals surface area contributed by atoms with E-state index in [0.717, 1.165) is 18.8 Å². The van der Waals surface area contributed by atoms with Crippen molar-refractivity contribution in [2.75, 3.05) is 26.2 Å². The van der Waals surface area contributed by atoms with Gasteiger partial charge in [0, 0.05) is 11.6 Å². The molecule has 1 fully saturated rings. The van der Waals surface area contributed by atoms with Crippen molar-refractivity contribution in [2.45, 2.75) is 77.8 Å². The molecule has 0 radical (unpaired) electrons. The van der Waals surface area contributed by atoms with Crippen LogP contribution >= 0.6 is 0 Å². The number of likely N-dealkylation sites (tertiary alicyclic amines) is 1. The first-order valence-corrected chi connectivity index (χ1v) is 8.62. The molecule has 20 heavy (non-hydrogen) atoms. The van der Waals surface area contributed by atoms with Gasteiger partial charge < -0.3 is 15.3 Å². The second-order valence-corrected chi connectivity index (χ2v) is 7.07. The Labute approximate surface area is 126 Å². The molecule has 0 spiro atoms. The number of aliphatic hydroxyl groups excluding tert-OH is 1. The Balaban J connectivity index is 2.36. The molecule has 1 aliphatic heterocycles. The van der Waals surface area contributed by atoms with Crippen LogP contribution in [0.2, 0.25) is 0 Å². The van der Waals surface area contributed by atoms with Gasteiger partial charge in [0.25, 0.3) is 0 Å². The summed E-state index contributed by atoms with van der Waals surface area (Å²) in [6.07, 6.45) is 7.35. The van der Waals surface area contributed by atoms with E-state index in [0.29, 0.717) is 6.04 Å². The molecule has 0 amide bonds. The fourth-order valence-electron chi connectivity index (χ4n) is 3.39. The van der Waals surface area contributed by atoms with Crippen molar-refractivity contribution in [3.05, 3.63) is 0 Å². The summed E-state index contributed by atoms with van der Waals surface area (Å²) < 4.78 is 0. The highest BCUT2D eigenvalue weighted by Gasteiger charge is 2.27. The van der Waals surface area contributed by atoms with Crippen LogP contribution in [-0.4, -0.2) is 47.8 Å². The molecule has 1 aliphatic rings. The van der Waals surface area contributed by atoms with Crippen LogP contribution < -0.4 is 5.32 Å². The number of nitrogens with one attached hydrogen (secondary N) is 1. The van der Waals surface area contributed by atoms with Gasteiger partial charge in [-0.25, -0.2) is 0 Å². The lowest BCUT2D eigenvalue weighted by Crippen LogP contribution is -2.51. The molecule has 0 aliphatic carbocycles. The van der Waals surface area contributed by atoms with Crippen LogP contribution in [0.1, 0.15) is 66.2 Å². The first-order chi connectivity index (χ1) is 9.51. The monoisotopic (exact) mass is 284 g/mol. The average molecular weight is 284 g/mol. The second kappa shape index (κ2) is 9.01. The minimum Gasteiger partial charge on any atom is -0.394 e. The number of rotatable bonds is 8. The minimum absolute atomic E-state index is 0.0761. The molecule has 0 aromatic carbocycles. The molecule has 2 N–H and O–H groups in total. The molecule has 1 heterocycles. The maximum absolute atomic E-state index is 9.77. The Morgan fingerprint density at radius 1 is 1.30 bits per heavy atom. The highest BCUT2D eigenvalue weighted by atomic mass is 16.3. The third-order valence-electron chi connectivity index (χ3n) is 4.81. The smallest absolute Gasteiger partial charge is 0.0613 e. The summed E-state index contributed by atoms with van der Waals surface area (Å²) in [7, 11) is 0. The fourth-order valence-corrected chi connectivity index (χ4v) is 3.39. The van der Waals surface area contributed by atoms with Gasteiger partial charge in [0.2, 0.25) is 0 Å². The summed E-state index contributed by atoms with van der Waals surface area (Å²) >= 11 is 0. The standard InChI is InChI=1S/C17H36N2O/c1-5-17(14-20,18-15(2)3)10-7-12-19-11-6-8-16(4)9-13-19/h15-16,18,20H,5-14H2,1-4H3. The van der Waals surface area contributed by atoms with E-state index >= 15 is 0 Å². The molecule has 3 nitrogen and oxygen atoms in total. The lowest BCUT2D eigenvalue weighted by molar-refractivity contribution is 0.130. The van der Waals surface area contributed by atoms with Crippen molar-refractivity contribution in [3.8, 4) is 0 Å². The van der Waals surface area contributed by atoms with E-state index in [2.05, 4.69) is 37.9 Å². The SMILES string of the molecule is CCC(CO)(CCCN1CCCC(C)CC1)NC(C)C. The summed E-state index contributed by atoms with van der Waals surface area (Å²) in [5.74, 6) is 0.898. The Morgan fingerprint density at radius 2 is 2.05 bits per heavy atom. The average Bonchev–Trinajstić information content (AvgIpc) is 2.62. The molecule has 0 aromatic rings. The summed E-state index contributed by atoms with van der Waals surface area (Å²) in [4.78, 5) is 2.62. The van der Waals surface area contributed by atoms with Crippen molar-refractivity contribution >= 4 is 0 Å². The number of hydrogen-bond donors (Lipinski definition) is 2. The normalized spacial score (nSPS) is 24.6. The van der Waals surface area contributed by atoms with Gasteiger partial charge in [-0.1, -0.05) is 27.7 Å². The van der Waals surface area contributed by atoms with Gasteiger partial charge in [0.1, 0.15) is 0 Å². The van der Waals surface area contributed by atoms with Crippen molar-refractivity contribution in [1.82, 2.24) is 10.2 Å². The molecule has 2 unspecified atom stereocenters. The quantitative estimate of drug-likeness (QED) is 0.719. The predicted octanol–water partition coefficient (Wildman–Crippen LogP) is 3.03. The Bertz CT molecular complexity index is 251. The molecule has 0 aromatic heterocycles. The van der Waals surface area contributed by atoms with Crippen molar-refractivity contribution < 1.29 is 5.11 Å². The third-order valence-corrected chi connectivity index (χ3v) is 4.81. The lowest BCUT2D eigenvalue weighted by atomic mass is 9.90. The highest BCUT2D eigenvalue weighted by Crippen LogP contribution is 2.20. The molecule has 2 atom stereocenters. The summed E-state index contributed by atoms with van der Waals surface area (Å²) in [5.41, 5.74) is -0.0761. The van der Waals surface area contributed by atoms with E-state index in [9.17, 15) is 5.11 Å². The van der Waals surface area contributed by atoms with Gasteiger partial charge in [-0.3, -0.25) is 0 Å². The van der Waals surface area contributed by atoms with Crippen LogP contribution in [0, 0.1) is 5.92 Å². The van der Waals surface area contributed by atoms with E-state index in [4.69, 9.17) is 0 Å². The van der Waals surface area contributed by atoms with Gasteiger partial charge >= 0.3 is 0 Å². The maximum Gasteiger partial charge on any atom is 0.0613 e. The fraction of sp³-hybridized carbons (Fsp3) is 1.00. The zero-order chi connectivity index (χ0) is 15.0. The van der Waals surface area contributed by atoms with Crippen molar-refractivity contribution in [1.29, 1.82) is 0 Å². The van der Waals surface area contributed by atoms with Gasteiger partial charge in [-0.2, -0.15) is 0 Å². The highest BCUT2D eigenvalue weighted by molar-refractivity contribution is 4.87. The van der Waals surface area contributed by atoms with E-state index in [1.54, 1.807) is 0 Å². The molecular weight excluding hydrogens is 248 g/mol. The summed E-state index contributed by atoms with van der Waals surface area (Å²) in [6, 6.07) is 0.432. The molecule has 1 rings (SSSR count). The summed E-state index contributed by atoms with van der Waals surface area (Å²) in [5, 5.41) is 13.3. The first kappa shape index (κ1) is 17.9. The number of hydrogen-bond acceptors (Lipinski definition) is 3. The zero-order valence-corrected chi connectivity index (χ0v) is 14.1. The lowest BCUT2D eigenvalue weighted by Gasteiger charge is -2.35. The molecule has 120 valence electrons. The molecule has 0 bridgehead atoms. The van der Waals surface area contributed by atoms with Crippen LogP contribution in [0.15, 0.2) is 0 Å². The number of nitrogens with zero attached hydrogens (tertiary/aromatic N) is 1. The summed E-state index contributed by atoms with van der Waals surface area (Å²) in [6.45, 7) is 12.8. The largest absolute Gasteiger partial charge is 0.394 e. The maximum atomic E-state index is 9.77. The minimum atomic E-state index is -0.0761. The van der Waals surface area contributed by atoms with Crippen LogP contribution in [-0.2, 0) is 0 Å². The Hall–Kier alpha value is -0.120. The van der Waals surface area contributed by atoms with Crippen molar-refractivity contribution in [3.63, 3.8) is 0 Å². The van der Waals surface area contributed by atoms with Crippen LogP contribution in [0.5, 0.6) is 0 Å². The first-order valence-electron chi connectivity index (χ1n) is 8.62. The van der Waals surface area contributed by atoms with E-state index < -0.39 is 0 Å². The van der Waals surface area contributed by atoms with E-state index in [-0.39, 0.29) is 12.1 Å². The molecular formula is C17H36N2O. The van der Waals surface area contributed by atoms with Gasteiger partial charge in [-0.05, 0) is 64.1 Å². The van der Waals surface area contributed by atoms with Gasteiger partial charge in [0.05, 0.1) is 6.61 Å². The van der Waals surface area contributed by atoms with E-state index in [1.165, 1.54) is 45.3 Å². The van der Waals surface area contributed by atoms with Gasteiger partial charge in [-0.15, -0.1) is 0 Å². The van der Waals surface area contributed by atoms with Crippen LogP contribution in [0.3, 0.4) is 0 Å². The van der Waals surface area contributed by atoms with E-state index in [1.807, 2.05) is 0 Å². The molecule has 0 saturated carbocycles. The molecule has 3 heteroatoms. The van der Waals surface area contributed by atoms with Crippen LogP contribution in [0.4, 0.5) is 0 Å². The second-order valence-electron chi connectivity index (χ2n) is 7.07. The van der Waals surface area contributed by atoms with Crippen molar-refractivity contribution in [2.24, 2.45) is 5.92 Å². The number of aliphatic hydroxyl groups is 1. The third kappa shape index (κ3) is 6.11.